The van der Waals surface area contributed by atoms with Gasteiger partial charge in [0.25, 0.3) is 0 Å². The van der Waals surface area contributed by atoms with Gasteiger partial charge in [0, 0.05) is 41.9 Å². The number of carbonyl (C=O) groups is 2. The van der Waals surface area contributed by atoms with Crippen molar-refractivity contribution in [3.8, 4) is 0 Å². The summed E-state index contributed by atoms with van der Waals surface area (Å²) in [6, 6.07) is 0. The largest absolute Gasteiger partial charge is 0.455 e. The van der Waals surface area contributed by atoms with E-state index in [1.165, 1.54) is 0 Å². The highest BCUT2D eigenvalue weighted by Crippen LogP contribution is 2.76. The first-order chi connectivity index (χ1) is 23.3. The molecule has 0 aliphatic heterocycles. The highest BCUT2D eigenvalue weighted by molar-refractivity contribution is 6.04. The normalized spacial score (nSPS) is 35.4. The number of Topliss-reactive ketones (excluding diaryl/α,β-unsaturated/α-hetero) is 1. The summed E-state index contributed by atoms with van der Waals surface area (Å²) < 4.78 is 6.17. The van der Waals surface area contributed by atoms with Crippen LogP contribution in [0.2, 0.25) is 0 Å². The number of esters is 1. The Morgan fingerprint density at radius 1 is 0.878 bits per heavy atom. The molecular weight excluding hydrogens is 616 g/mol. The molecule has 2 saturated carbocycles. The topological polar surface area (TPSA) is 124 Å². The van der Waals surface area contributed by atoms with Crippen LogP contribution < -0.4 is 0 Å². The number of rotatable bonds is 16. The van der Waals surface area contributed by atoms with E-state index in [1.54, 1.807) is 26.0 Å². The molecule has 4 aliphatic carbocycles. The van der Waals surface area contributed by atoms with Crippen LogP contribution in [0.4, 0.5) is 0 Å². The van der Waals surface area contributed by atoms with Crippen LogP contribution in [0, 0.1) is 29.1 Å². The third-order valence-corrected chi connectivity index (χ3v) is 11.4. The molecule has 268 valence electrons. The van der Waals surface area contributed by atoms with Crippen LogP contribution >= 0.6 is 0 Å². The molecule has 4 aliphatic rings. The number of allylic oxidation sites excluding steroid dienone is 12. The summed E-state index contributed by atoms with van der Waals surface area (Å²) in [5.41, 5.74) is -4.73. The first-order valence-corrected chi connectivity index (χ1v) is 18.1. The summed E-state index contributed by atoms with van der Waals surface area (Å²) in [4.78, 5) is 26.3. The van der Waals surface area contributed by atoms with Crippen LogP contribution in [0.15, 0.2) is 96.2 Å². The average Bonchev–Trinajstić information content (AvgIpc) is 3.50. The van der Waals surface area contributed by atoms with Crippen molar-refractivity contribution in [3.05, 3.63) is 96.2 Å². The Balaban J connectivity index is 1.27. The maximum Gasteiger partial charge on any atom is 0.306 e. The van der Waals surface area contributed by atoms with Crippen molar-refractivity contribution >= 4 is 11.8 Å². The van der Waals surface area contributed by atoms with Crippen LogP contribution in [0.25, 0.3) is 0 Å². The number of aliphatic hydroxyl groups excluding tert-OH is 2. The molecule has 0 unspecified atom stereocenters. The van der Waals surface area contributed by atoms with Crippen molar-refractivity contribution in [2.75, 3.05) is 6.61 Å². The van der Waals surface area contributed by atoms with Gasteiger partial charge in [-0.05, 0) is 63.0 Å². The predicted octanol–water partition coefficient (Wildman–Crippen LogP) is 6.96. The lowest BCUT2D eigenvalue weighted by Gasteiger charge is -2.52. The number of carbonyl (C=O) groups excluding carboxylic acids is 2. The molecule has 0 heterocycles. The Morgan fingerprint density at radius 2 is 1.39 bits per heavy atom. The second kappa shape index (κ2) is 16.3. The van der Waals surface area contributed by atoms with Gasteiger partial charge in [-0.15, -0.1) is 0 Å². The number of aliphatic hydroxyl groups is 4. The van der Waals surface area contributed by atoms with Crippen LogP contribution in [0.1, 0.15) is 92.4 Å². The molecule has 8 atom stereocenters. The highest BCUT2D eigenvalue weighted by Gasteiger charge is 2.86. The molecule has 0 saturated heterocycles. The SMILES string of the molecule is CC/C=C\C/C=C\C/C=C\C/C=C\C/C=C\C/C=C\CCC(=O)O[C@@]12[C@H](O)[C@@H](C)[C@@]3(O)[C@@H](C=C(CO)C[C@]4(O)C(=O)C(C)=C[C@@H]34)[C@@H]1C2(C)C. The summed E-state index contributed by atoms with van der Waals surface area (Å²) in [6.45, 7) is 8.91. The van der Waals surface area contributed by atoms with Gasteiger partial charge in [-0.1, -0.05) is 113 Å². The van der Waals surface area contributed by atoms with Gasteiger partial charge < -0.3 is 25.2 Å². The van der Waals surface area contributed by atoms with E-state index in [-0.39, 0.29) is 19.4 Å². The maximum absolute atomic E-state index is 13.2. The first kappa shape index (κ1) is 38.7. The van der Waals surface area contributed by atoms with Gasteiger partial charge in [-0.3, -0.25) is 9.59 Å². The second-order valence-electron chi connectivity index (χ2n) is 14.8. The highest BCUT2D eigenvalue weighted by atomic mass is 16.6. The molecule has 7 nitrogen and oxygen atoms in total. The third-order valence-electron chi connectivity index (χ3n) is 11.4. The fourth-order valence-electron chi connectivity index (χ4n) is 8.75. The molecule has 0 aromatic rings. The summed E-state index contributed by atoms with van der Waals surface area (Å²) in [5.74, 6) is -3.84. The van der Waals surface area contributed by atoms with Gasteiger partial charge in [0.15, 0.2) is 5.78 Å². The van der Waals surface area contributed by atoms with E-state index in [2.05, 4.69) is 67.7 Å². The molecule has 0 bridgehead atoms. The molecule has 7 heteroatoms. The zero-order valence-corrected chi connectivity index (χ0v) is 30.1. The van der Waals surface area contributed by atoms with Gasteiger partial charge in [0.05, 0.1) is 18.3 Å². The molecule has 0 aromatic carbocycles. The van der Waals surface area contributed by atoms with Crippen molar-refractivity contribution in [1.29, 1.82) is 0 Å². The van der Waals surface area contributed by atoms with Gasteiger partial charge in [-0.25, -0.2) is 0 Å². The van der Waals surface area contributed by atoms with E-state index >= 15 is 0 Å². The van der Waals surface area contributed by atoms with E-state index in [4.69, 9.17) is 4.74 Å². The van der Waals surface area contributed by atoms with E-state index in [9.17, 15) is 30.0 Å². The van der Waals surface area contributed by atoms with Gasteiger partial charge in [0.1, 0.15) is 11.2 Å². The van der Waals surface area contributed by atoms with Crippen LogP contribution in [-0.4, -0.2) is 61.7 Å². The van der Waals surface area contributed by atoms with Gasteiger partial charge in [0.2, 0.25) is 0 Å². The first-order valence-electron chi connectivity index (χ1n) is 18.1. The van der Waals surface area contributed by atoms with Crippen LogP contribution in [-0.2, 0) is 14.3 Å². The standard InChI is InChI=1S/C42H58O7/c1-6-7-8-9-10-11-12-13-14-15-16-17-18-19-20-21-22-23-24-25-35(44)49-42-36(39(42,4)5)33-27-32(29-43)28-40(47)34(26-30(2)37(40)45)41(33,48)31(3)38(42)46/h7-8,10-11,13-14,16-17,19-20,22-23,26-27,31,33-34,36,38,43,46-48H,6,9,12,15,18,21,24-25,28-29H2,1-5H3/b8-7-,11-10-,14-13-,17-16-,20-19-,23-22-/t31-,33+,34-,36-,38-,40-,41-,42-/m1/s1. The number of hydrogen-bond acceptors (Lipinski definition) is 7. The minimum absolute atomic E-state index is 0.103. The zero-order valence-electron chi connectivity index (χ0n) is 30.1. The van der Waals surface area contributed by atoms with E-state index in [0.29, 0.717) is 17.6 Å². The number of ether oxygens (including phenoxy) is 1. The van der Waals surface area contributed by atoms with Gasteiger partial charge >= 0.3 is 5.97 Å². The molecule has 2 fully saturated rings. The summed E-state index contributed by atoms with van der Waals surface area (Å²) >= 11 is 0. The van der Waals surface area contributed by atoms with Crippen molar-refractivity contribution in [1.82, 2.24) is 0 Å². The quantitative estimate of drug-likeness (QED) is 0.103. The Morgan fingerprint density at radius 3 is 1.90 bits per heavy atom. The monoisotopic (exact) mass is 674 g/mol. The van der Waals surface area contributed by atoms with Gasteiger partial charge in [-0.2, -0.15) is 0 Å². The van der Waals surface area contributed by atoms with Crippen molar-refractivity contribution in [2.24, 2.45) is 29.1 Å². The Hall–Kier alpha value is -3.10. The minimum Gasteiger partial charge on any atom is -0.455 e. The number of ketones is 1. The van der Waals surface area contributed by atoms with Crippen LogP contribution in [0.5, 0.6) is 0 Å². The lowest BCUT2D eigenvalue weighted by atomic mass is 9.59. The Bertz CT molecular complexity index is 1440. The maximum atomic E-state index is 13.2. The fraction of sp³-hybridized carbons (Fsp3) is 0.571. The molecule has 49 heavy (non-hydrogen) atoms. The van der Waals surface area contributed by atoms with E-state index in [1.807, 2.05) is 26.0 Å². The second-order valence-corrected chi connectivity index (χ2v) is 14.8. The number of fused-ring (bicyclic) bond motifs is 5. The van der Waals surface area contributed by atoms with E-state index in [0.717, 1.165) is 38.5 Å². The third kappa shape index (κ3) is 7.51. The molecule has 0 aromatic heterocycles. The predicted molar refractivity (Wildman–Crippen MR) is 194 cm³/mol. The summed E-state index contributed by atoms with van der Waals surface area (Å²) in [5, 5.41) is 46.1. The smallest absolute Gasteiger partial charge is 0.306 e. The molecule has 0 amide bonds. The van der Waals surface area contributed by atoms with E-state index < -0.39 is 63.7 Å². The van der Waals surface area contributed by atoms with Crippen molar-refractivity contribution < 1.29 is 34.8 Å². The lowest BCUT2D eigenvalue weighted by Crippen LogP contribution is -2.65. The van der Waals surface area contributed by atoms with Crippen LogP contribution in [0.3, 0.4) is 0 Å². The molecule has 0 spiro atoms. The van der Waals surface area contributed by atoms with Crippen molar-refractivity contribution in [2.45, 2.75) is 115 Å². The number of hydrogen-bond donors (Lipinski definition) is 4. The Kier molecular flexibility index (Phi) is 12.9. The molecule has 0 radical (unpaired) electrons. The van der Waals surface area contributed by atoms with Crippen molar-refractivity contribution in [3.63, 3.8) is 0 Å². The molecular formula is C42H58O7. The fourth-order valence-corrected chi connectivity index (χ4v) is 8.75. The molecule has 4 rings (SSSR count). The zero-order chi connectivity index (χ0) is 35.9. The summed E-state index contributed by atoms with van der Waals surface area (Å²) in [6.07, 6.45) is 33.9. The molecule has 4 N–H and O–H groups in total. The average molecular weight is 675 g/mol. The summed E-state index contributed by atoms with van der Waals surface area (Å²) in [7, 11) is 0. The Labute approximate surface area is 293 Å². The minimum atomic E-state index is -1.91. The lowest BCUT2D eigenvalue weighted by molar-refractivity contribution is -0.219.